The molecule has 0 unspecified atom stereocenters. The highest BCUT2D eigenvalue weighted by Gasteiger charge is 2.12. The minimum Gasteiger partial charge on any atom is -0.445 e. The number of carbonyl (C=O) groups is 2. The largest absolute Gasteiger partial charge is 0.445 e. The summed E-state index contributed by atoms with van der Waals surface area (Å²) in [6.07, 6.45) is 26.7. The second kappa shape index (κ2) is 29.6. The van der Waals surface area contributed by atoms with Crippen molar-refractivity contribution in [2.24, 2.45) is 0 Å². The summed E-state index contributed by atoms with van der Waals surface area (Å²) < 4.78 is 5.45. The lowest BCUT2D eigenvalue weighted by atomic mass is 10.0. The van der Waals surface area contributed by atoms with Crippen LogP contribution in [-0.4, -0.2) is 49.6 Å². The highest BCUT2D eigenvalue weighted by molar-refractivity contribution is 5.95. The SMILES string of the molecule is CCCCCCCCCCCCCCCCCCNC(=O)c1ccccc1COC(=O)NCCCN(CCCC)CCCC. The molecule has 0 saturated heterocycles. The molecule has 1 aromatic rings. The molecule has 0 heterocycles. The molecule has 2 amide bonds. The first-order chi connectivity index (χ1) is 21.6. The van der Waals surface area contributed by atoms with Crippen molar-refractivity contribution < 1.29 is 14.3 Å². The van der Waals surface area contributed by atoms with Gasteiger partial charge in [-0.05, 0) is 51.4 Å². The summed E-state index contributed by atoms with van der Waals surface area (Å²) in [4.78, 5) is 27.6. The Bertz CT molecular complexity index is 808. The van der Waals surface area contributed by atoms with Crippen molar-refractivity contribution in [2.45, 2.75) is 162 Å². The van der Waals surface area contributed by atoms with Crippen LogP contribution < -0.4 is 10.6 Å². The predicted molar refractivity (Wildman–Crippen MR) is 187 cm³/mol. The van der Waals surface area contributed by atoms with Gasteiger partial charge in [0.15, 0.2) is 0 Å². The van der Waals surface area contributed by atoms with Gasteiger partial charge in [0.05, 0.1) is 0 Å². The summed E-state index contributed by atoms with van der Waals surface area (Å²) in [5.41, 5.74) is 1.32. The first-order valence-corrected chi connectivity index (χ1v) is 18.6. The summed E-state index contributed by atoms with van der Waals surface area (Å²) in [6.45, 7) is 11.3. The number of nitrogens with zero attached hydrogens (tertiary/aromatic N) is 1. The van der Waals surface area contributed by atoms with E-state index >= 15 is 0 Å². The van der Waals surface area contributed by atoms with Crippen molar-refractivity contribution in [1.29, 1.82) is 0 Å². The van der Waals surface area contributed by atoms with Gasteiger partial charge in [-0.1, -0.05) is 148 Å². The van der Waals surface area contributed by atoms with Gasteiger partial charge in [-0.2, -0.15) is 0 Å². The molecular weight excluding hydrogens is 546 g/mol. The number of hydrogen-bond acceptors (Lipinski definition) is 4. The number of benzene rings is 1. The van der Waals surface area contributed by atoms with Gasteiger partial charge in [-0.15, -0.1) is 0 Å². The molecule has 0 fully saturated rings. The van der Waals surface area contributed by atoms with Crippen molar-refractivity contribution in [1.82, 2.24) is 15.5 Å². The van der Waals surface area contributed by atoms with Crippen LogP contribution in [0.2, 0.25) is 0 Å². The van der Waals surface area contributed by atoms with Crippen LogP contribution in [0.25, 0.3) is 0 Å². The Balaban J connectivity index is 2.11. The van der Waals surface area contributed by atoms with Gasteiger partial charge in [0.25, 0.3) is 5.91 Å². The van der Waals surface area contributed by atoms with Crippen LogP contribution in [-0.2, 0) is 11.3 Å². The van der Waals surface area contributed by atoms with Gasteiger partial charge in [0.2, 0.25) is 0 Å². The maximum Gasteiger partial charge on any atom is 0.407 e. The van der Waals surface area contributed by atoms with E-state index < -0.39 is 6.09 Å². The van der Waals surface area contributed by atoms with Gasteiger partial charge in [-0.3, -0.25) is 4.79 Å². The number of amides is 2. The van der Waals surface area contributed by atoms with E-state index in [2.05, 4.69) is 36.3 Å². The third kappa shape index (κ3) is 22.4. The normalized spacial score (nSPS) is 11.2. The number of carbonyl (C=O) groups excluding carboxylic acids is 2. The molecule has 254 valence electrons. The maximum atomic E-state index is 12.8. The summed E-state index contributed by atoms with van der Waals surface area (Å²) in [5, 5.41) is 5.93. The van der Waals surface area contributed by atoms with Crippen LogP contribution >= 0.6 is 0 Å². The standard InChI is InChI=1S/C38H69N3O3/c1-4-7-10-11-12-13-14-15-16-17-18-19-20-21-22-25-29-39-37(42)36-28-24-23-27-35(36)34-44-38(43)40-30-26-33-41(31-8-5-2)32-9-6-3/h23-24,27-28H,4-22,25-26,29-34H2,1-3H3,(H,39,42)(H,40,43). The molecule has 2 N–H and O–H groups in total. The van der Waals surface area contributed by atoms with E-state index in [0.29, 0.717) is 18.7 Å². The fourth-order valence-corrected chi connectivity index (χ4v) is 5.62. The summed E-state index contributed by atoms with van der Waals surface area (Å²) in [7, 11) is 0. The van der Waals surface area contributed by atoms with Crippen molar-refractivity contribution in [3.8, 4) is 0 Å². The number of unbranched alkanes of at least 4 members (excludes halogenated alkanes) is 17. The molecule has 6 nitrogen and oxygen atoms in total. The first-order valence-electron chi connectivity index (χ1n) is 18.6. The molecule has 1 rings (SSSR count). The van der Waals surface area contributed by atoms with E-state index in [0.717, 1.165) is 44.5 Å². The zero-order valence-corrected chi connectivity index (χ0v) is 29.1. The summed E-state index contributed by atoms with van der Waals surface area (Å²) in [5.74, 6) is -0.0928. The number of hydrogen-bond donors (Lipinski definition) is 2. The number of rotatable bonds is 30. The fourth-order valence-electron chi connectivity index (χ4n) is 5.62. The van der Waals surface area contributed by atoms with E-state index in [9.17, 15) is 9.59 Å². The van der Waals surface area contributed by atoms with Crippen molar-refractivity contribution >= 4 is 12.0 Å². The Morgan fingerprint density at radius 2 is 1.02 bits per heavy atom. The second-order valence-corrected chi connectivity index (χ2v) is 12.6. The molecular formula is C38H69N3O3. The Labute approximate surface area is 271 Å². The van der Waals surface area contributed by atoms with Gasteiger partial charge in [-0.25, -0.2) is 4.79 Å². The third-order valence-corrected chi connectivity index (χ3v) is 8.51. The van der Waals surface area contributed by atoms with Gasteiger partial charge in [0.1, 0.15) is 6.61 Å². The molecule has 0 radical (unpaired) electrons. The van der Waals surface area contributed by atoms with Gasteiger partial charge in [0, 0.05) is 24.2 Å². The van der Waals surface area contributed by atoms with Crippen LogP contribution in [0, 0.1) is 0 Å². The lowest BCUT2D eigenvalue weighted by molar-refractivity contribution is 0.0946. The van der Waals surface area contributed by atoms with Crippen LogP contribution in [0.3, 0.4) is 0 Å². The van der Waals surface area contributed by atoms with Gasteiger partial charge < -0.3 is 20.3 Å². The number of nitrogens with one attached hydrogen (secondary N) is 2. The maximum absolute atomic E-state index is 12.8. The lowest BCUT2D eigenvalue weighted by Gasteiger charge is -2.21. The molecule has 0 aliphatic heterocycles. The van der Waals surface area contributed by atoms with Crippen molar-refractivity contribution in [3.63, 3.8) is 0 Å². The monoisotopic (exact) mass is 616 g/mol. The van der Waals surface area contributed by atoms with Crippen LogP contribution in [0.4, 0.5) is 4.79 Å². The second-order valence-electron chi connectivity index (χ2n) is 12.6. The minimum absolute atomic E-state index is 0.0909. The fraction of sp³-hybridized carbons (Fsp3) is 0.789. The lowest BCUT2D eigenvalue weighted by Crippen LogP contribution is -2.31. The number of alkyl carbamates (subject to hydrolysis) is 1. The summed E-state index contributed by atoms with van der Waals surface area (Å²) in [6, 6.07) is 7.40. The van der Waals surface area contributed by atoms with E-state index in [1.165, 1.54) is 116 Å². The average Bonchev–Trinajstić information content (AvgIpc) is 3.04. The predicted octanol–water partition coefficient (Wildman–Crippen LogP) is 10.2. The zero-order valence-electron chi connectivity index (χ0n) is 29.1. The Morgan fingerprint density at radius 1 is 0.568 bits per heavy atom. The van der Waals surface area contributed by atoms with Crippen LogP contribution in [0.1, 0.15) is 172 Å². The molecule has 0 aliphatic rings. The Kier molecular flexibility index (Phi) is 26.9. The molecule has 0 atom stereocenters. The topological polar surface area (TPSA) is 70.7 Å². The average molecular weight is 616 g/mol. The van der Waals surface area contributed by atoms with E-state index in [1.54, 1.807) is 6.07 Å². The molecule has 0 aliphatic carbocycles. The van der Waals surface area contributed by atoms with E-state index in [4.69, 9.17) is 4.74 Å². The number of ether oxygens (including phenoxy) is 1. The van der Waals surface area contributed by atoms with Crippen molar-refractivity contribution in [2.75, 3.05) is 32.7 Å². The molecule has 0 saturated carbocycles. The van der Waals surface area contributed by atoms with E-state index in [1.807, 2.05) is 18.2 Å². The quantitative estimate of drug-likeness (QED) is 0.0845. The zero-order chi connectivity index (χ0) is 31.9. The molecule has 0 bridgehead atoms. The van der Waals surface area contributed by atoms with Gasteiger partial charge >= 0.3 is 6.09 Å². The highest BCUT2D eigenvalue weighted by Crippen LogP contribution is 2.14. The van der Waals surface area contributed by atoms with E-state index in [-0.39, 0.29) is 12.5 Å². The first kappa shape index (κ1) is 39.9. The molecule has 0 spiro atoms. The minimum atomic E-state index is -0.429. The molecule has 44 heavy (non-hydrogen) atoms. The highest BCUT2D eigenvalue weighted by atomic mass is 16.5. The molecule has 1 aromatic carbocycles. The summed E-state index contributed by atoms with van der Waals surface area (Å²) >= 11 is 0. The third-order valence-electron chi connectivity index (χ3n) is 8.51. The van der Waals surface area contributed by atoms with Crippen LogP contribution in [0.15, 0.2) is 24.3 Å². The Hall–Kier alpha value is -2.08. The van der Waals surface area contributed by atoms with Crippen LogP contribution in [0.5, 0.6) is 0 Å². The molecule has 0 aromatic heterocycles. The smallest absolute Gasteiger partial charge is 0.407 e. The molecule has 6 heteroatoms. The Morgan fingerprint density at radius 3 is 1.57 bits per heavy atom. The van der Waals surface area contributed by atoms with Crippen molar-refractivity contribution in [3.05, 3.63) is 35.4 Å².